The Morgan fingerprint density at radius 3 is 2.88 bits per heavy atom. The normalized spacial score (nSPS) is 12.9. The third-order valence-electron chi connectivity index (χ3n) is 2.69. The van der Waals surface area contributed by atoms with Crippen LogP contribution < -0.4 is 5.32 Å². The Morgan fingerprint density at radius 2 is 2.31 bits per heavy atom. The third kappa shape index (κ3) is 4.58. The van der Waals surface area contributed by atoms with Crippen molar-refractivity contribution in [1.82, 2.24) is 14.9 Å². The summed E-state index contributed by atoms with van der Waals surface area (Å²) in [5.74, 6) is 1.16. The van der Waals surface area contributed by atoms with Gasteiger partial charge in [0.2, 0.25) is 0 Å². The Hall–Kier alpha value is -0.480. The molecule has 3 nitrogen and oxygen atoms in total. The van der Waals surface area contributed by atoms with Crippen LogP contribution in [0.2, 0.25) is 0 Å². The zero-order chi connectivity index (χ0) is 11.8. The molecule has 1 N–H and O–H groups in total. The smallest absolute Gasteiger partial charge is 0.167 e. The fourth-order valence-corrected chi connectivity index (χ4v) is 2.62. The zero-order valence-corrected chi connectivity index (χ0v) is 11.4. The highest BCUT2D eigenvalue weighted by Gasteiger charge is 2.04. The van der Waals surface area contributed by atoms with Crippen LogP contribution >= 0.6 is 11.8 Å². The summed E-state index contributed by atoms with van der Waals surface area (Å²) in [5, 5.41) is 4.63. The molecule has 92 valence electrons. The maximum Gasteiger partial charge on any atom is 0.167 e. The number of thioether (sulfide) groups is 1. The second kappa shape index (κ2) is 7.74. The van der Waals surface area contributed by atoms with Crippen LogP contribution in [0.25, 0.3) is 0 Å². The van der Waals surface area contributed by atoms with Crippen molar-refractivity contribution in [2.45, 2.75) is 44.3 Å². The van der Waals surface area contributed by atoms with E-state index in [1.165, 1.54) is 19.3 Å². The molecule has 0 bridgehead atoms. The van der Waals surface area contributed by atoms with Crippen molar-refractivity contribution in [2.24, 2.45) is 7.05 Å². The molecule has 0 saturated carbocycles. The van der Waals surface area contributed by atoms with Crippen LogP contribution in [0, 0.1) is 0 Å². The van der Waals surface area contributed by atoms with Gasteiger partial charge in [0.15, 0.2) is 5.16 Å². The van der Waals surface area contributed by atoms with Gasteiger partial charge in [0, 0.05) is 31.2 Å². The van der Waals surface area contributed by atoms with Gasteiger partial charge in [-0.15, -0.1) is 0 Å². The minimum absolute atomic E-state index is 0.687. The van der Waals surface area contributed by atoms with Crippen LogP contribution in [-0.4, -0.2) is 27.9 Å². The molecule has 0 amide bonds. The standard InChI is InChI=1S/C12H23N3S/c1-4-11(13-5-2)7-6-10-16-12-14-8-9-15(12)3/h8-9,11,13H,4-7,10H2,1-3H3. The molecule has 1 aromatic heterocycles. The molecule has 0 aliphatic carbocycles. The Kier molecular flexibility index (Phi) is 6.57. The van der Waals surface area contributed by atoms with Crippen molar-refractivity contribution < 1.29 is 0 Å². The predicted molar refractivity (Wildman–Crippen MR) is 70.9 cm³/mol. The molecule has 1 unspecified atom stereocenters. The van der Waals surface area contributed by atoms with Crippen LogP contribution in [0.15, 0.2) is 17.6 Å². The molecular weight excluding hydrogens is 218 g/mol. The molecule has 1 atom stereocenters. The van der Waals surface area contributed by atoms with E-state index < -0.39 is 0 Å². The fraction of sp³-hybridized carbons (Fsp3) is 0.750. The first-order valence-electron chi connectivity index (χ1n) is 6.11. The SMILES string of the molecule is CCNC(CC)CCCSc1nccn1C. The van der Waals surface area contributed by atoms with Crippen molar-refractivity contribution in [3.63, 3.8) is 0 Å². The molecule has 0 radical (unpaired) electrons. The van der Waals surface area contributed by atoms with E-state index in [2.05, 4.69) is 28.7 Å². The van der Waals surface area contributed by atoms with Gasteiger partial charge >= 0.3 is 0 Å². The Bertz CT molecular complexity index is 286. The highest BCUT2D eigenvalue weighted by molar-refractivity contribution is 7.99. The van der Waals surface area contributed by atoms with Crippen LogP contribution in [-0.2, 0) is 7.05 Å². The van der Waals surface area contributed by atoms with Crippen LogP contribution in [0.1, 0.15) is 33.1 Å². The number of nitrogens with one attached hydrogen (secondary N) is 1. The first-order valence-corrected chi connectivity index (χ1v) is 7.10. The first-order chi connectivity index (χ1) is 7.77. The Labute approximate surface area is 103 Å². The van der Waals surface area contributed by atoms with E-state index in [-0.39, 0.29) is 0 Å². The van der Waals surface area contributed by atoms with Crippen LogP contribution in [0.5, 0.6) is 0 Å². The maximum absolute atomic E-state index is 4.30. The summed E-state index contributed by atoms with van der Waals surface area (Å²) in [6.45, 7) is 5.50. The van der Waals surface area contributed by atoms with Gasteiger partial charge in [0.25, 0.3) is 0 Å². The highest BCUT2D eigenvalue weighted by atomic mass is 32.2. The van der Waals surface area contributed by atoms with Crippen molar-refractivity contribution in [1.29, 1.82) is 0 Å². The van der Waals surface area contributed by atoms with Crippen molar-refractivity contribution in [3.05, 3.63) is 12.4 Å². The summed E-state index contributed by atoms with van der Waals surface area (Å²) in [6, 6.07) is 0.687. The lowest BCUT2D eigenvalue weighted by molar-refractivity contribution is 0.477. The van der Waals surface area contributed by atoms with Gasteiger partial charge in [-0.2, -0.15) is 0 Å². The van der Waals surface area contributed by atoms with E-state index in [0.717, 1.165) is 17.5 Å². The minimum atomic E-state index is 0.687. The Morgan fingerprint density at radius 1 is 1.50 bits per heavy atom. The Balaban J connectivity index is 2.14. The summed E-state index contributed by atoms with van der Waals surface area (Å²) >= 11 is 1.85. The van der Waals surface area contributed by atoms with E-state index in [1.807, 2.05) is 31.2 Å². The summed E-state index contributed by atoms with van der Waals surface area (Å²) < 4.78 is 2.08. The molecule has 0 aliphatic rings. The molecule has 0 aliphatic heterocycles. The molecular formula is C12H23N3S. The molecule has 0 saturated heterocycles. The van der Waals surface area contributed by atoms with Gasteiger partial charge in [-0.3, -0.25) is 0 Å². The second-order valence-electron chi connectivity index (χ2n) is 3.97. The number of hydrogen-bond donors (Lipinski definition) is 1. The number of aryl methyl sites for hydroxylation is 1. The maximum atomic E-state index is 4.30. The van der Waals surface area contributed by atoms with Gasteiger partial charge in [-0.25, -0.2) is 4.98 Å². The summed E-state index contributed by atoms with van der Waals surface area (Å²) in [5.41, 5.74) is 0. The average Bonchev–Trinajstić information content (AvgIpc) is 2.69. The molecule has 0 aromatic carbocycles. The van der Waals surface area contributed by atoms with Crippen LogP contribution in [0.4, 0.5) is 0 Å². The topological polar surface area (TPSA) is 29.9 Å². The second-order valence-corrected chi connectivity index (χ2v) is 5.04. The van der Waals surface area contributed by atoms with E-state index in [0.29, 0.717) is 6.04 Å². The number of rotatable bonds is 8. The van der Waals surface area contributed by atoms with Gasteiger partial charge < -0.3 is 9.88 Å². The van der Waals surface area contributed by atoms with Gasteiger partial charge in [0.1, 0.15) is 0 Å². The first kappa shape index (κ1) is 13.6. The molecule has 1 rings (SSSR count). The third-order valence-corrected chi connectivity index (χ3v) is 3.84. The largest absolute Gasteiger partial charge is 0.329 e. The summed E-state index contributed by atoms with van der Waals surface area (Å²) in [4.78, 5) is 4.30. The monoisotopic (exact) mass is 241 g/mol. The zero-order valence-electron chi connectivity index (χ0n) is 10.6. The van der Waals surface area contributed by atoms with E-state index in [1.54, 1.807) is 0 Å². The van der Waals surface area contributed by atoms with Crippen molar-refractivity contribution in [3.8, 4) is 0 Å². The van der Waals surface area contributed by atoms with Gasteiger partial charge in [-0.05, 0) is 25.8 Å². The quantitative estimate of drug-likeness (QED) is 0.560. The number of hydrogen-bond acceptors (Lipinski definition) is 3. The van der Waals surface area contributed by atoms with E-state index >= 15 is 0 Å². The predicted octanol–water partition coefficient (Wildman–Crippen LogP) is 2.68. The number of nitrogens with zero attached hydrogens (tertiary/aromatic N) is 2. The molecule has 0 fully saturated rings. The number of aromatic nitrogens is 2. The van der Waals surface area contributed by atoms with Crippen molar-refractivity contribution in [2.75, 3.05) is 12.3 Å². The minimum Gasteiger partial charge on any atom is -0.329 e. The van der Waals surface area contributed by atoms with E-state index in [9.17, 15) is 0 Å². The molecule has 1 heterocycles. The highest BCUT2D eigenvalue weighted by Crippen LogP contribution is 2.16. The summed E-state index contributed by atoms with van der Waals surface area (Å²) in [6.07, 6.45) is 7.59. The van der Waals surface area contributed by atoms with Crippen LogP contribution in [0.3, 0.4) is 0 Å². The lowest BCUT2D eigenvalue weighted by Crippen LogP contribution is -2.28. The molecule has 1 aromatic rings. The molecule has 0 spiro atoms. The average molecular weight is 241 g/mol. The number of imidazole rings is 1. The molecule has 4 heteroatoms. The van der Waals surface area contributed by atoms with Crippen molar-refractivity contribution >= 4 is 11.8 Å². The fourth-order valence-electron chi connectivity index (χ4n) is 1.72. The van der Waals surface area contributed by atoms with E-state index in [4.69, 9.17) is 0 Å². The lowest BCUT2D eigenvalue weighted by atomic mass is 10.1. The summed E-state index contributed by atoms with van der Waals surface area (Å²) in [7, 11) is 2.04. The van der Waals surface area contributed by atoms with Gasteiger partial charge in [0.05, 0.1) is 0 Å². The molecule has 16 heavy (non-hydrogen) atoms. The lowest BCUT2D eigenvalue weighted by Gasteiger charge is -2.14. The van der Waals surface area contributed by atoms with Gasteiger partial charge in [-0.1, -0.05) is 25.6 Å².